The maximum Gasteiger partial charge on any atom is 0.208 e. The van der Waals surface area contributed by atoms with Crippen molar-refractivity contribution in [1.82, 2.24) is 19.5 Å². The fraction of sp³-hybridized carbons (Fsp3) is 0.179. The molecule has 0 aliphatic rings. The predicted molar refractivity (Wildman–Crippen MR) is 138 cm³/mol. The van der Waals surface area contributed by atoms with Crippen molar-refractivity contribution in [2.75, 3.05) is 13.1 Å². The van der Waals surface area contributed by atoms with Crippen LogP contribution in [0, 0.1) is 0 Å². The van der Waals surface area contributed by atoms with Gasteiger partial charge in [0.1, 0.15) is 0 Å². The first kappa shape index (κ1) is 22.2. The summed E-state index contributed by atoms with van der Waals surface area (Å²) < 4.78 is 1.76. The van der Waals surface area contributed by atoms with Gasteiger partial charge in [-0.25, -0.2) is 9.50 Å². The average Bonchev–Trinajstić information content (AvgIpc) is 3.58. The molecule has 170 valence electrons. The van der Waals surface area contributed by atoms with Crippen LogP contribution < -0.4 is 0 Å². The van der Waals surface area contributed by atoms with Crippen LogP contribution in [-0.4, -0.2) is 38.4 Å². The molecule has 0 N–H and O–H groups in total. The first-order chi connectivity index (χ1) is 16.7. The highest BCUT2D eigenvalue weighted by Gasteiger charge is 2.18. The van der Waals surface area contributed by atoms with Crippen LogP contribution in [0.5, 0.6) is 0 Å². The van der Waals surface area contributed by atoms with E-state index in [4.69, 9.17) is 0 Å². The summed E-state index contributed by atoms with van der Waals surface area (Å²) in [6.07, 6.45) is 3.36. The molecule has 0 fully saturated rings. The number of hydrogen-bond donors (Lipinski definition) is 0. The number of ketones is 1. The van der Waals surface area contributed by atoms with E-state index in [0.717, 1.165) is 36.5 Å². The Balaban J connectivity index is 1.47. The van der Waals surface area contributed by atoms with Crippen molar-refractivity contribution in [3.63, 3.8) is 0 Å². The zero-order valence-electron chi connectivity index (χ0n) is 19.3. The average molecular weight is 467 g/mol. The highest BCUT2D eigenvalue weighted by Crippen LogP contribution is 2.28. The molecule has 0 radical (unpaired) electrons. The molecule has 34 heavy (non-hydrogen) atoms. The number of fused-ring (bicyclic) bond motifs is 1. The minimum atomic E-state index is -0.0480. The van der Waals surface area contributed by atoms with E-state index in [1.807, 2.05) is 23.6 Å². The molecule has 3 aromatic heterocycles. The standard InChI is InChI=1S/C28H26N4OS/c1-3-31(4-2)19-20-10-12-21(13-11-20)22-7-5-8-23(17-22)25-14-15-29-28-24(18-30-32(25)28)27(33)26-9-6-16-34-26/h5-18H,3-4,19H2,1-2H3. The lowest BCUT2D eigenvalue weighted by molar-refractivity contribution is 0.104. The molecular formula is C28H26N4OS. The third-order valence-electron chi connectivity index (χ3n) is 6.14. The van der Waals surface area contributed by atoms with Gasteiger partial charge >= 0.3 is 0 Å². The Labute approximate surface area is 203 Å². The molecule has 0 aliphatic heterocycles. The van der Waals surface area contributed by atoms with Gasteiger partial charge in [-0.1, -0.05) is 62.4 Å². The number of thiophene rings is 1. The van der Waals surface area contributed by atoms with Crippen molar-refractivity contribution in [3.05, 3.63) is 101 Å². The first-order valence-electron chi connectivity index (χ1n) is 11.5. The number of carbonyl (C=O) groups excluding carboxylic acids is 1. The summed E-state index contributed by atoms with van der Waals surface area (Å²) in [4.78, 5) is 20.5. The topological polar surface area (TPSA) is 50.5 Å². The maximum atomic E-state index is 12.9. The van der Waals surface area contributed by atoms with E-state index in [2.05, 4.69) is 77.4 Å². The molecule has 5 nitrogen and oxygen atoms in total. The normalized spacial score (nSPS) is 11.4. The van der Waals surface area contributed by atoms with Crippen LogP contribution in [0.25, 0.3) is 28.0 Å². The van der Waals surface area contributed by atoms with E-state index >= 15 is 0 Å². The second-order valence-corrected chi connectivity index (χ2v) is 9.12. The molecule has 0 unspecified atom stereocenters. The number of hydrogen-bond acceptors (Lipinski definition) is 5. The third-order valence-corrected chi connectivity index (χ3v) is 7.01. The van der Waals surface area contributed by atoms with Gasteiger partial charge in [0.25, 0.3) is 0 Å². The third kappa shape index (κ3) is 4.30. The monoisotopic (exact) mass is 466 g/mol. The molecule has 0 bridgehead atoms. The van der Waals surface area contributed by atoms with Gasteiger partial charge in [-0.15, -0.1) is 11.3 Å². The Kier molecular flexibility index (Phi) is 6.34. The Hall–Kier alpha value is -3.61. The van der Waals surface area contributed by atoms with Crippen molar-refractivity contribution in [2.45, 2.75) is 20.4 Å². The van der Waals surface area contributed by atoms with Gasteiger partial charge in [0.2, 0.25) is 5.78 Å². The van der Waals surface area contributed by atoms with Crippen LogP contribution in [0.1, 0.15) is 34.6 Å². The summed E-state index contributed by atoms with van der Waals surface area (Å²) in [7, 11) is 0. The molecule has 0 spiro atoms. The second-order valence-electron chi connectivity index (χ2n) is 8.17. The summed E-state index contributed by atoms with van der Waals surface area (Å²) in [5.74, 6) is -0.0480. The molecule has 0 saturated heterocycles. The van der Waals surface area contributed by atoms with Gasteiger partial charge in [0.15, 0.2) is 5.65 Å². The van der Waals surface area contributed by atoms with E-state index < -0.39 is 0 Å². The number of benzene rings is 2. The molecule has 6 heteroatoms. The molecule has 5 rings (SSSR count). The van der Waals surface area contributed by atoms with Crippen molar-refractivity contribution in [2.24, 2.45) is 0 Å². The van der Waals surface area contributed by atoms with Gasteiger partial charge in [-0.3, -0.25) is 9.69 Å². The van der Waals surface area contributed by atoms with Crippen LogP contribution in [0.2, 0.25) is 0 Å². The van der Waals surface area contributed by atoms with Crippen molar-refractivity contribution < 1.29 is 4.79 Å². The molecule has 5 aromatic rings. The Bertz CT molecular complexity index is 1420. The van der Waals surface area contributed by atoms with Crippen LogP contribution >= 0.6 is 11.3 Å². The zero-order chi connectivity index (χ0) is 23.5. The Morgan fingerprint density at radius 2 is 1.74 bits per heavy atom. The lowest BCUT2D eigenvalue weighted by Crippen LogP contribution is -2.21. The molecule has 0 aliphatic carbocycles. The van der Waals surface area contributed by atoms with Crippen LogP contribution in [0.3, 0.4) is 0 Å². The fourth-order valence-corrected chi connectivity index (χ4v) is 4.85. The van der Waals surface area contributed by atoms with E-state index in [0.29, 0.717) is 16.1 Å². The van der Waals surface area contributed by atoms with Gasteiger partial charge < -0.3 is 0 Å². The molecule has 3 heterocycles. The van der Waals surface area contributed by atoms with E-state index in [1.54, 1.807) is 16.9 Å². The largest absolute Gasteiger partial charge is 0.300 e. The number of carbonyl (C=O) groups is 1. The molecule has 0 saturated carbocycles. The zero-order valence-corrected chi connectivity index (χ0v) is 20.1. The van der Waals surface area contributed by atoms with E-state index in [9.17, 15) is 4.79 Å². The maximum absolute atomic E-state index is 12.9. The first-order valence-corrected chi connectivity index (χ1v) is 12.4. The highest BCUT2D eigenvalue weighted by molar-refractivity contribution is 7.12. The predicted octanol–water partition coefficient (Wildman–Crippen LogP) is 6.20. The lowest BCUT2D eigenvalue weighted by Gasteiger charge is -2.18. The summed E-state index contributed by atoms with van der Waals surface area (Å²) in [5.41, 5.74) is 6.64. The van der Waals surface area contributed by atoms with Crippen LogP contribution in [0.15, 0.2) is 84.5 Å². The highest BCUT2D eigenvalue weighted by atomic mass is 32.1. The number of rotatable bonds is 8. The molecule has 2 aromatic carbocycles. The van der Waals surface area contributed by atoms with Crippen molar-refractivity contribution >= 4 is 22.8 Å². The molecular weight excluding hydrogens is 440 g/mol. The van der Waals surface area contributed by atoms with Crippen LogP contribution in [0.4, 0.5) is 0 Å². The number of nitrogens with zero attached hydrogens (tertiary/aromatic N) is 4. The second kappa shape index (κ2) is 9.71. The smallest absolute Gasteiger partial charge is 0.208 e. The lowest BCUT2D eigenvalue weighted by atomic mass is 10.0. The van der Waals surface area contributed by atoms with Crippen molar-refractivity contribution in [1.29, 1.82) is 0 Å². The van der Waals surface area contributed by atoms with Gasteiger partial charge in [0.05, 0.1) is 22.3 Å². The Morgan fingerprint density at radius 3 is 2.47 bits per heavy atom. The summed E-state index contributed by atoms with van der Waals surface area (Å²) in [5, 5.41) is 6.42. The van der Waals surface area contributed by atoms with E-state index in [1.165, 1.54) is 22.5 Å². The SMILES string of the molecule is CCN(CC)Cc1ccc(-c2cccc(-c3ccnc4c(C(=O)c5cccs5)cnn34)c2)cc1. The minimum absolute atomic E-state index is 0.0480. The summed E-state index contributed by atoms with van der Waals surface area (Å²) in [6.45, 7) is 7.46. The van der Waals surface area contributed by atoms with Crippen molar-refractivity contribution in [3.8, 4) is 22.4 Å². The van der Waals surface area contributed by atoms with Gasteiger partial charge in [0, 0.05) is 18.3 Å². The molecule has 0 amide bonds. The number of aromatic nitrogens is 3. The summed E-state index contributed by atoms with van der Waals surface area (Å²) in [6, 6.07) is 22.8. The van der Waals surface area contributed by atoms with Gasteiger partial charge in [-0.2, -0.15) is 5.10 Å². The van der Waals surface area contributed by atoms with E-state index in [-0.39, 0.29) is 5.78 Å². The van der Waals surface area contributed by atoms with Gasteiger partial charge in [-0.05, 0) is 53.4 Å². The quantitative estimate of drug-likeness (QED) is 0.256. The fourth-order valence-electron chi connectivity index (χ4n) is 4.18. The Morgan fingerprint density at radius 1 is 0.941 bits per heavy atom. The molecule has 0 atom stereocenters. The van der Waals surface area contributed by atoms with Crippen LogP contribution in [-0.2, 0) is 6.54 Å². The minimum Gasteiger partial charge on any atom is -0.300 e. The summed E-state index contributed by atoms with van der Waals surface area (Å²) >= 11 is 1.43.